The van der Waals surface area contributed by atoms with Crippen molar-refractivity contribution in [2.45, 2.75) is 25.7 Å². The number of aromatic amines is 2. The molecule has 0 bridgehead atoms. The number of amides is 1. The van der Waals surface area contributed by atoms with Crippen LogP contribution < -0.4 is 50.4 Å². The number of carboxylic acid groups (broad SMARTS) is 1. The first kappa shape index (κ1) is 56.9. The Morgan fingerprint density at radius 2 is 1.07 bits per heavy atom. The number of fused-ring (bicyclic) bond motifs is 2. The molecule has 4 aromatic carbocycles. The van der Waals surface area contributed by atoms with Gasteiger partial charge >= 0.3 is 5.97 Å². The monoisotopic (exact) mass is 1200 g/mol. The third kappa shape index (κ3) is 13.7. The van der Waals surface area contributed by atoms with Gasteiger partial charge in [-0.1, -0.05) is 0 Å². The maximum atomic E-state index is 13.2. The molecule has 2 unspecified atom stereocenters. The Morgan fingerprint density at radius 3 is 1.52 bits per heavy atom. The lowest BCUT2D eigenvalue weighted by Gasteiger charge is -2.32. The number of nitrogens with zero attached hydrogens (tertiary/aromatic N) is 10. The van der Waals surface area contributed by atoms with Gasteiger partial charge in [-0.15, -0.1) is 32.9 Å². The molecule has 2 aliphatic heterocycles. The molecule has 8 heterocycles. The Kier molecular flexibility index (Phi) is 17.9. The molecule has 1 amide bonds. The first-order valence-electron chi connectivity index (χ1n) is 25.7. The smallest absolute Gasteiger partial charge is 0.308 e. The molecule has 0 saturated carbocycles. The number of piperidine rings is 2. The lowest BCUT2D eigenvalue weighted by molar-refractivity contribution is -0.142. The molecule has 6 aromatic heterocycles. The number of thiazole rings is 2. The van der Waals surface area contributed by atoms with E-state index in [1.165, 1.54) is 22.7 Å². The molecule has 0 spiro atoms. The van der Waals surface area contributed by atoms with Crippen molar-refractivity contribution < 1.29 is 42.5 Å². The first-order valence-corrected chi connectivity index (χ1v) is 28.2. The van der Waals surface area contributed by atoms with Crippen molar-refractivity contribution >= 4 is 126 Å². The number of carboxylic acids is 1. The maximum Gasteiger partial charge on any atom is 0.308 e. The summed E-state index contributed by atoms with van der Waals surface area (Å²) in [5.41, 5.74) is 14.9. The van der Waals surface area contributed by atoms with E-state index < -0.39 is 11.9 Å². The molecule has 0 aliphatic carbocycles. The van der Waals surface area contributed by atoms with E-state index in [2.05, 4.69) is 61.2 Å². The van der Waals surface area contributed by atoms with Crippen molar-refractivity contribution in [3.05, 3.63) is 106 Å². The van der Waals surface area contributed by atoms with Gasteiger partial charge in [0.25, 0.3) is 9.67 Å². The fourth-order valence-electron chi connectivity index (χ4n) is 9.07. The highest BCUT2D eigenvalue weighted by molar-refractivity contribution is 7.71. The van der Waals surface area contributed by atoms with Gasteiger partial charge in [0.15, 0.2) is 44.3 Å². The lowest BCUT2D eigenvalue weighted by atomic mass is 9.97. The van der Waals surface area contributed by atoms with Crippen molar-refractivity contribution in [1.82, 2.24) is 50.3 Å². The molecule has 83 heavy (non-hydrogen) atoms. The molecule has 10 aromatic rings. The Hall–Kier alpha value is -9.32. The van der Waals surface area contributed by atoms with Crippen LogP contribution in [0.2, 0.25) is 0 Å². The normalized spacial score (nSPS) is 14.8. The molecule has 2 saturated heterocycles. The Balaban J connectivity index is 0.000000158. The van der Waals surface area contributed by atoms with Gasteiger partial charge in [-0.05, 0) is 123 Å². The quantitative estimate of drug-likeness (QED) is 0.0370. The van der Waals surface area contributed by atoms with E-state index in [-0.39, 0.29) is 21.5 Å². The number of benzene rings is 4. The predicted molar refractivity (Wildman–Crippen MR) is 321 cm³/mol. The number of hydrogen-bond donors (Lipinski definition) is 7. The lowest BCUT2D eigenvalue weighted by Crippen LogP contribution is -2.41. The largest absolute Gasteiger partial charge is 0.493 e. The van der Waals surface area contributed by atoms with Crippen LogP contribution in [0.4, 0.5) is 46.3 Å². The fraction of sp³-hybridized carbons (Fsp3) is 0.259. The number of nitrogens with one attached hydrogen (secondary N) is 5. The van der Waals surface area contributed by atoms with Crippen molar-refractivity contribution in [1.29, 1.82) is 0 Å². The summed E-state index contributed by atoms with van der Waals surface area (Å²) in [5, 5.41) is 32.1. The summed E-state index contributed by atoms with van der Waals surface area (Å²) in [7, 11) is 6.36. The Bertz CT molecular complexity index is 4000. The fourth-order valence-corrected chi connectivity index (χ4v) is 10.6. The first-order chi connectivity index (χ1) is 40.3. The van der Waals surface area contributed by atoms with Gasteiger partial charge in [-0.3, -0.25) is 9.59 Å². The van der Waals surface area contributed by atoms with Crippen molar-refractivity contribution in [3.8, 4) is 45.9 Å². The molecular weight excluding hydrogens is 1140 g/mol. The van der Waals surface area contributed by atoms with Crippen LogP contribution in [0.5, 0.6) is 23.0 Å². The number of carbonyl (C=O) groups excluding carboxylic acids is 1. The topological polar surface area (TPSA) is 321 Å². The number of hydrogen-bond acceptors (Lipinski definition) is 25. The predicted octanol–water partition coefficient (Wildman–Crippen LogP) is 10.5. The number of carbonyl (C=O) groups is 2. The van der Waals surface area contributed by atoms with E-state index in [0.717, 1.165) is 64.5 Å². The molecular formula is C54H54N16O9S4. The highest BCUT2D eigenvalue weighted by Gasteiger charge is 2.30. The van der Waals surface area contributed by atoms with Gasteiger partial charge in [-0.25, -0.2) is 20.2 Å². The van der Waals surface area contributed by atoms with Crippen LogP contribution >= 0.6 is 47.1 Å². The number of nitrogen functional groups attached to an aromatic ring is 1. The molecule has 25 nitrogen and oxygen atoms in total. The van der Waals surface area contributed by atoms with E-state index in [4.69, 9.17) is 67.9 Å². The summed E-state index contributed by atoms with van der Waals surface area (Å²) in [6.45, 7) is 2.37. The molecule has 2 atom stereocenters. The second-order valence-electron chi connectivity index (χ2n) is 18.6. The average molecular weight is 1200 g/mol. The van der Waals surface area contributed by atoms with Crippen molar-refractivity contribution in [3.63, 3.8) is 0 Å². The van der Waals surface area contributed by atoms with Crippen LogP contribution in [0.1, 0.15) is 25.7 Å². The molecule has 0 radical (unpaired) electrons. The summed E-state index contributed by atoms with van der Waals surface area (Å²) >= 11 is 12.5. The van der Waals surface area contributed by atoms with Crippen LogP contribution in [0.15, 0.2) is 105 Å². The number of ether oxygens (including phenoxy) is 4. The van der Waals surface area contributed by atoms with Crippen LogP contribution in [-0.4, -0.2) is 122 Å². The summed E-state index contributed by atoms with van der Waals surface area (Å²) in [4.78, 5) is 58.3. The average Bonchev–Trinajstić information content (AvgIpc) is 4.59. The highest BCUT2D eigenvalue weighted by Crippen LogP contribution is 2.36. The highest BCUT2D eigenvalue weighted by atomic mass is 32.1. The van der Waals surface area contributed by atoms with E-state index in [1.807, 2.05) is 77.7 Å². The van der Waals surface area contributed by atoms with Gasteiger partial charge in [0.05, 0.1) is 51.3 Å². The molecule has 12 rings (SSSR count). The minimum atomic E-state index is -0.780. The number of H-pyrrole nitrogens is 2. The Labute approximate surface area is 491 Å². The van der Waals surface area contributed by atoms with Gasteiger partial charge < -0.3 is 64.4 Å². The van der Waals surface area contributed by atoms with Gasteiger partial charge in [0, 0.05) is 72.2 Å². The van der Waals surface area contributed by atoms with Gasteiger partial charge in [-0.2, -0.15) is 19.9 Å². The Morgan fingerprint density at radius 1 is 0.627 bits per heavy atom. The summed E-state index contributed by atoms with van der Waals surface area (Å²) in [5.74, 6) is 4.07. The third-order valence-electron chi connectivity index (χ3n) is 13.2. The zero-order valence-corrected chi connectivity index (χ0v) is 48.2. The van der Waals surface area contributed by atoms with E-state index >= 15 is 0 Å². The standard InChI is InChI=1S/C27H26N8O4S2.C19H21N5O4S.C8H7N3OS/c1-37-19-10-9-18(12-20(19)38-2)29-22-21-25(41-14-28-21)32-26(31-22)35-11-3-4-16(13-35)23(36)30-17-7-5-15(6-8-17)24-33-34-27(40)39-24;1-27-13-6-5-12(8-14(13)28-2)21-16-15-17(29-10-20-15)23-19(22-16)24-7-3-4-11(9-24)18(25)26;9-6-3-1-5(2-4-6)7-10-11-8(13)12-7/h5-10,12,14,16H,3-4,11,13H2,1-2H3,(H,30,36)(H,34,40)(H,29,31,32);5-6,8,10-11H,3-4,7,9H2,1-2H3,(H,25,26)(H,21,22,23);1-4H,9H2,(H,11,13). The number of aromatic nitrogens is 10. The van der Waals surface area contributed by atoms with Gasteiger partial charge in [0.1, 0.15) is 11.0 Å². The molecule has 2 fully saturated rings. The number of nitrogens with two attached hydrogens (primary N) is 1. The van der Waals surface area contributed by atoms with Crippen LogP contribution in [0.25, 0.3) is 43.6 Å². The second kappa shape index (κ2) is 26.1. The number of rotatable bonds is 15. The molecule has 8 N–H and O–H groups in total. The van der Waals surface area contributed by atoms with Gasteiger partial charge in [0.2, 0.25) is 29.6 Å². The second-order valence-corrected chi connectivity index (χ2v) is 21.0. The third-order valence-corrected chi connectivity index (χ3v) is 15.0. The van der Waals surface area contributed by atoms with Crippen LogP contribution in [-0.2, 0) is 9.59 Å². The minimum Gasteiger partial charge on any atom is -0.493 e. The van der Waals surface area contributed by atoms with E-state index in [9.17, 15) is 14.7 Å². The summed E-state index contributed by atoms with van der Waals surface area (Å²) < 4.78 is 31.9. The summed E-state index contributed by atoms with van der Waals surface area (Å²) in [6.07, 6.45) is 3.07. The SMILES string of the molecule is COc1ccc(Nc2nc(N3CCCC(C(=O)Nc4ccc(-c5n[nH]c(=S)o5)cc4)C3)nc3scnc23)cc1OC.COc1ccc(Nc2nc(N3CCCC(C(=O)O)C3)nc3scnc23)cc1OC.Nc1ccc(-c2n[nH]c(=S)o2)cc1. The van der Waals surface area contributed by atoms with Crippen molar-refractivity contribution in [2.75, 3.05) is 86.1 Å². The van der Waals surface area contributed by atoms with E-state index in [0.29, 0.717) is 100 Å². The molecule has 2 aliphatic rings. The van der Waals surface area contributed by atoms with Crippen LogP contribution in [0, 0.1) is 21.5 Å². The number of aliphatic carboxylic acids is 1. The zero-order chi connectivity index (χ0) is 58.0. The number of methoxy groups -OCH3 is 4. The van der Waals surface area contributed by atoms with E-state index in [1.54, 1.807) is 51.6 Å². The maximum absolute atomic E-state index is 13.2. The molecule has 29 heteroatoms. The molecule has 428 valence electrons. The van der Waals surface area contributed by atoms with Crippen molar-refractivity contribution in [2.24, 2.45) is 11.8 Å². The van der Waals surface area contributed by atoms with Crippen LogP contribution in [0.3, 0.4) is 0 Å². The zero-order valence-electron chi connectivity index (χ0n) is 44.9. The minimum absolute atomic E-state index is 0.0534. The summed E-state index contributed by atoms with van der Waals surface area (Å²) in [6, 6.07) is 25.5. The number of anilines is 8.